The zero-order chi connectivity index (χ0) is 9.97. The largest absolute Gasteiger partial charge is 0.317 e. The number of nitrogens with one attached hydrogen (secondary N) is 1. The summed E-state index contributed by atoms with van der Waals surface area (Å²) in [5.74, 6) is 2.20. The standard InChI is InChI=1S/C10H18N4.ClH/c1-3-10-13-12-8(2)14(10)9-4-6-11-7-5-9;/h9,11H,3-7H2,1-2H3;1H. The van der Waals surface area contributed by atoms with Crippen LogP contribution in [0.2, 0.25) is 0 Å². The summed E-state index contributed by atoms with van der Waals surface area (Å²) in [6, 6.07) is 0.612. The molecule has 1 fully saturated rings. The van der Waals surface area contributed by atoms with Crippen LogP contribution in [-0.2, 0) is 6.42 Å². The van der Waals surface area contributed by atoms with E-state index in [-0.39, 0.29) is 12.4 Å². The highest BCUT2D eigenvalue weighted by Gasteiger charge is 2.19. The van der Waals surface area contributed by atoms with Gasteiger partial charge in [0.2, 0.25) is 0 Å². The van der Waals surface area contributed by atoms with E-state index in [1.54, 1.807) is 0 Å². The van der Waals surface area contributed by atoms with Crippen LogP contribution >= 0.6 is 12.4 Å². The van der Waals surface area contributed by atoms with E-state index < -0.39 is 0 Å². The van der Waals surface area contributed by atoms with Crippen LogP contribution < -0.4 is 5.32 Å². The Morgan fingerprint density at radius 1 is 1.33 bits per heavy atom. The molecule has 1 aliphatic heterocycles. The Bertz CT molecular complexity index is 304. The minimum Gasteiger partial charge on any atom is -0.317 e. The molecule has 86 valence electrons. The summed E-state index contributed by atoms with van der Waals surface area (Å²) in [4.78, 5) is 0. The predicted molar refractivity (Wildman–Crippen MR) is 62.5 cm³/mol. The summed E-state index contributed by atoms with van der Waals surface area (Å²) in [5.41, 5.74) is 0. The minimum absolute atomic E-state index is 0. The fourth-order valence-electron chi connectivity index (χ4n) is 2.19. The van der Waals surface area contributed by atoms with Gasteiger partial charge in [0, 0.05) is 12.5 Å². The first-order valence-corrected chi connectivity index (χ1v) is 5.44. The van der Waals surface area contributed by atoms with E-state index in [1.165, 1.54) is 12.8 Å². The molecule has 1 saturated heterocycles. The molecule has 2 rings (SSSR count). The van der Waals surface area contributed by atoms with E-state index in [0.29, 0.717) is 6.04 Å². The number of halogens is 1. The van der Waals surface area contributed by atoms with Crippen molar-refractivity contribution in [3.8, 4) is 0 Å². The van der Waals surface area contributed by atoms with Crippen molar-refractivity contribution >= 4 is 12.4 Å². The molecule has 15 heavy (non-hydrogen) atoms. The number of aromatic nitrogens is 3. The van der Waals surface area contributed by atoms with E-state index in [9.17, 15) is 0 Å². The Morgan fingerprint density at radius 3 is 2.60 bits per heavy atom. The third-order valence-corrected chi connectivity index (χ3v) is 2.93. The summed E-state index contributed by atoms with van der Waals surface area (Å²) >= 11 is 0. The fourth-order valence-corrected chi connectivity index (χ4v) is 2.19. The molecule has 1 aliphatic rings. The lowest BCUT2D eigenvalue weighted by Crippen LogP contribution is -2.30. The molecule has 0 bridgehead atoms. The summed E-state index contributed by atoms with van der Waals surface area (Å²) in [5, 5.41) is 11.7. The second-order valence-electron chi connectivity index (χ2n) is 3.87. The van der Waals surface area contributed by atoms with Crippen LogP contribution in [0.3, 0.4) is 0 Å². The van der Waals surface area contributed by atoms with Gasteiger partial charge in [0.1, 0.15) is 11.6 Å². The van der Waals surface area contributed by atoms with Crippen LogP contribution in [0.5, 0.6) is 0 Å². The predicted octanol–water partition coefficient (Wildman–Crippen LogP) is 1.50. The van der Waals surface area contributed by atoms with Gasteiger partial charge in [-0.25, -0.2) is 0 Å². The number of rotatable bonds is 2. The maximum absolute atomic E-state index is 4.20. The highest BCUT2D eigenvalue weighted by molar-refractivity contribution is 5.85. The van der Waals surface area contributed by atoms with E-state index in [4.69, 9.17) is 0 Å². The number of aryl methyl sites for hydroxylation is 2. The van der Waals surface area contributed by atoms with E-state index in [2.05, 4.69) is 27.0 Å². The molecule has 0 amide bonds. The number of hydrogen-bond acceptors (Lipinski definition) is 3. The van der Waals surface area contributed by atoms with Crippen LogP contribution in [0.15, 0.2) is 0 Å². The molecule has 1 N–H and O–H groups in total. The summed E-state index contributed by atoms with van der Waals surface area (Å²) in [7, 11) is 0. The molecule has 2 heterocycles. The molecule has 0 atom stereocenters. The molecule has 0 aromatic carbocycles. The van der Waals surface area contributed by atoms with Crippen molar-refractivity contribution in [2.75, 3.05) is 13.1 Å². The van der Waals surface area contributed by atoms with Gasteiger partial charge in [-0.2, -0.15) is 0 Å². The van der Waals surface area contributed by atoms with E-state index >= 15 is 0 Å². The van der Waals surface area contributed by atoms with Gasteiger partial charge in [0.15, 0.2) is 0 Å². The molecule has 1 aromatic rings. The first kappa shape index (κ1) is 12.5. The summed E-state index contributed by atoms with van der Waals surface area (Å²) < 4.78 is 2.32. The van der Waals surface area contributed by atoms with Crippen molar-refractivity contribution < 1.29 is 0 Å². The van der Waals surface area contributed by atoms with Crippen molar-refractivity contribution in [3.63, 3.8) is 0 Å². The van der Waals surface area contributed by atoms with Gasteiger partial charge < -0.3 is 9.88 Å². The smallest absolute Gasteiger partial charge is 0.132 e. The highest BCUT2D eigenvalue weighted by Crippen LogP contribution is 2.21. The first-order chi connectivity index (χ1) is 6.83. The molecule has 0 saturated carbocycles. The Balaban J connectivity index is 0.00000112. The lowest BCUT2D eigenvalue weighted by Gasteiger charge is -2.25. The Labute approximate surface area is 96.9 Å². The van der Waals surface area contributed by atoms with Gasteiger partial charge in [0.05, 0.1) is 0 Å². The average Bonchev–Trinajstić information content (AvgIpc) is 2.61. The third kappa shape index (κ3) is 2.49. The van der Waals surface area contributed by atoms with Crippen molar-refractivity contribution in [2.45, 2.75) is 39.2 Å². The van der Waals surface area contributed by atoms with Crippen LogP contribution in [0.4, 0.5) is 0 Å². The highest BCUT2D eigenvalue weighted by atomic mass is 35.5. The topological polar surface area (TPSA) is 42.7 Å². The third-order valence-electron chi connectivity index (χ3n) is 2.93. The molecule has 0 spiro atoms. The molecule has 1 aromatic heterocycles. The molecule has 0 unspecified atom stereocenters. The minimum atomic E-state index is 0. The number of nitrogens with zero attached hydrogens (tertiary/aromatic N) is 3. The van der Waals surface area contributed by atoms with E-state index in [0.717, 1.165) is 31.2 Å². The van der Waals surface area contributed by atoms with Crippen LogP contribution in [-0.4, -0.2) is 27.9 Å². The summed E-state index contributed by atoms with van der Waals surface area (Å²) in [6.45, 7) is 6.42. The van der Waals surface area contributed by atoms with Crippen molar-refractivity contribution in [1.29, 1.82) is 0 Å². The first-order valence-electron chi connectivity index (χ1n) is 5.44. The SMILES string of the molecule is CCc1nnc(C)n1C1CCNCC1.Cl. The molecular formula is C10H19ClN4. The summed E-state index contributed by atoms with van der Waals surface area (Å²) in [6.07, 6.45) is 3.38. The second-order valence-corrected chi connectivity index (χ2v) is 3.87. The normalized spacial score (nSPS) is 17.5. The molecule has 4 nitrogen and oxygen atoms in total. The van der Waals surface area contributed by atoms with Gasteiger partial charge in [-0.3, -0.25) is 0 Å². The zero-order valence-electron chi connectivity index (χ0n) is 9.36. The van der Waals surface area contributed by atoms with Gasteiger partial charge in [-0.1, -0.05) is 6.92 Å². The lowest BCUT2D eigenvalue weighted by molar-refractivity contribution is 0.355. The maximum Gasteiger partial charge on any atom is 0.132 e. The van der Waals surface area contributed by atoms with Crippen LogP contribution in [0, 0.1) is 6.92 Å². The quantitative estimate of drug-likeness (QED) is 0.837. The molecule has 0 radical (unpaired) electrons. The average molecular weight is 231 g/mol. The monoisotopic (exact) mass is 230 g/mol. The van der Waals surface area contributed by atoms with Crippen LogP contribution in [0.25, 0.3) is 0 Å². The van der Waals surface area contributed by atoms with Gasteiger partial charge in [-0.15, -0.1) is 22.6 Å². The zero-order valence-corrected chi connectivity index (χ0v) is 10.2. The maximum atomic E-state index is 4.20. The van der Waals surface area contributed by atoms with E-state index in [1.807, 2.05) is 6.92 Å². The second kappa shape index (κ2) is 5.47. The van der Waals surface area contributed by atoms with Crippen molar-refractivity contribution in [1.82, 2.24) is 20.1 Å². The van der Waals surface area contributed by atoms with Gasteiger partial charge >= 0.3 is 0 Å². The molecule has 0 aliphatic carbocycles. The lowest BCUT2D eigenvalue weighted by atomic mass is 10.1. The molecular weight excluding hydrogens is 212 g/mol. The van der Waals surface area contributed by atoms with Gasteiger partial charge in [-0.05, 0) is 32.9 Å². The van der Waals surface area contributed by atoms with Crippen molar-refractivity contribution in [3.05, 3.63) is 11.6 Å². The van der Waals surface area contributed by atoms with Crippen LogP contribution in [0.1, 0.15) is 37.5 Å². The Hall–Kier alpha value is -0.610. The van der Waals surface area contributed by atoms with Gasteiger partial charge in [0.25, 0.3) is 0 Å². The molecule has 5 heteroatoms. The Kier molecular flexibility index (Phi) is 4.54. The fraction of sp³-hybridized carbons (Fsp3) is 0.800. The number of hydrogen-bond donors (Lipinski definition) is 1. The number of piperidine rings is 1. The Morgan fingerprint density at radius 2 is 2.00 bits per heavy atom. The van der Waals surface area contributed by atoms with Crippen molar-refractivity contribution in [2.24, 2.45) is 0 Å².